The summed E-state index contributed by atoms with van der Waals surface area (Å²) < 4.78 is 1.13. The van der Waals surface area contributed by atoms with Crippen LogP contribution in [0.15, 0.2) is 12.1 Å². The van der Waals surface area contributed by atoms with Crippen LogP contribution in [0.25, 0.3) is 11.4 Å². The third-order valence-corrected chi connectivity index (χ3v) is 4.68. The van der Waals surface area contributed by atoms with Gasteiger partial charge >= 0.3 is 0 Å². The molecule has 1 N–H and O–H groups in total. The van der Waals surface area contributed by atoms with E-state index in [2.05, 4.69) is 67.7 Å². The average Bonchev–Trinajstić information content (AvgIpc) is 2.41. The molecule has 0 fully saturated rings. The van der Waals surface area contributed by atoms with Gasteiger partial charge < -0.3 is 5.32 Å². The first-order valence-corrected chi connectivity index (χ1v) is 8.38. The van der Waals surface area contributed by atoms with Crippen molar-refractivity contribution in [1.82, 2.24) is 9.97 Å². The van der Waals surface area contributed by atoms with E-state index in [1.54, 1.807) is 0 Å². The number of halogens is 1. The van der Waals surface area contributed by atoms with E-state index in [0.29, 0.717) is 0 Å². The molecule has 0 saturated heterocycles. The molecule has 0 bridgehead atoms. The Bertz CT molecular complexity index is 642. The lowest BCUT2D eigenvalue weighted by Crippen LogP contribution is -2.06. The minimum atomic E-state index is 0.832. The third-order valence-electron chi connectivity index (χ3n) is 3.54. The lowest BCUT2D eigenvalue weighted by atomic mass is 9.99. The van der Waals surface area contributed by atoms with Crippen LogP contribution in [0.1, 0.15) is 35.7 Å². The fraction of sp³-hybridized carbons (Fsp3) is 0.412. The lowest BCUT2D eigenvalue weighted by Gasteiger charge is -2.14. The van der Waals surface area contributed by atoms with Gasteiger partial charge in [-0.05, 0) is 60.9 Å². The number of nitrogens with one attached hydrogen (secondary N) is 1. The van der Waals surface area contributed by atoms with E-state index in [-0.39, 0.29) is 0 Å². The second-order valence-electron chi connectivity index (χ2n) is 5.43. The van der Waals surface area contributed by atoms with E-state index < -0.39 is 0 Å². The first-order valence-electron chi connectivity index (χ1n) is 7.30. The molecule has 0 aliphatic rings. The van der Waals surface area contributed by atoms with Crippen molar-refractivity contribution in [2.24, 2.45) is 0 Å². The molecule has 0 aliphatic heterocycles. The molecular formula is C17H22IN3. The maximum absolute atomic E-state index is 4.83. The number of nitrogens with zero attached hydrogens (tertiary/aromatic N) is 2. The molecule has 21 heavy (non-hydrogen) atoms. The molecule has 2 aromatic rings. The fourth-order valence-electron chi connectivity index (χ4n) is 2.71. The van der Waals surface area contributed by atoms with Crippen LogP contribution >= 0.6 is 22.6 Å². The zero-order valence-corrected chi connectivity index (χ0v) is 15.5. The van der Waals surface area contributed by atoms with Crippen LogP contribution in [-0.4, -0.2) is 17.0 Å². The van der Waals surface area contributed by atoms with Crippen LogP contribution < -0.4 is 5.32 Å². The van der Waals surface area contributed by atoms with Gasteiger partial charge in [-0.1, -0.05) is 31.0 Å². The summed E-state index contributed by atoms with van der Waals surface area (Å²) >= 11 is 2.34. The zero-order chi connectivity index (χ0) is 15.6. The molecule has 0 atom stereocenters. The molecule has 0 unspecified atom stereocenters. The summed E-state index contributed by atoms with van der Waals surface area (Å²) in [6, 6.07) is 4.39. The molecule has 0 amide bonds. The summed E-state index contributed by atoms with van der Waals surface area (Å²) in [6.45, 7) is 8.57. The Hall–Kier alpha value is -1.17. The summed E-state index contributed by atoms with van der Waals surface area (Å²) in [6.07, 6.45) is 2.06. The van der Waals surface area contributed by atoms with Gasteiger partial charge in [-0.2, -0.15) is 0 Å². The smallest absolute Gasteiger partial charge is 0.162 e. The zero-order valence-electron chi connectivity index (χ0n) is 13.3. The van der Waals surface area contributed by atoms with E-state index >= 15 is 0 Å². The summed E-state index contributed by atoms with van der Waals surface area (Å²) in [5.74, 6) is 1.75. The van der Waals surface area contributed by atoms with Gasteiger partial charge in [-0.3, -0.25) is 0 Å². The summed E-state index contributed by atoms with van der Waals surface area (Å²) in [4.78, 5) is 9.56. The van der Waals surface area contributed by atoms with Crippen molar-refractivity contribution >= 4 is 28.4 Å². The lowest BCUT2D eigenvalue weighted by molar-refractivity contribution is 0.867. The van der Waals surface area contributed by atoms with Gasteiger partial charge in [0, 0.05) is 12.6 Å². The first-order chi connectivity index (χ1) is 9.97. The SMILES string of the molecule is CCCc1nc(-c2c(C)cc(C)cc2C)nc(NC)c1I. The Morgan fingerprint density at radius 2 is 1.71 bits per heavy atom. The van der Waals surface area contributed by atoms with Crippen molar-refractivity contribution in [2.45, 2.75) is 40.5 Å². The molecule has 2 rings (SSSR count). The summed E-state index contributed by atoms with van der Waals surface area (Å²) in [7, 11) is 1.92. The number of rotatable bonds is 4. The van der Waals surface area contributed by atoms with Crippen LogP contribution in [0.3, 0.4) is 0 Å². The topological polar surface area (TPSA) is 37.8 Å². The molecule has 3 nitrogen and oxygen atoms in total. The maximum Gasteiger partial charge on any atom is 0.162 e. The monoisotopic (exact) mass is 395 g/mol. The van der Waals surface area contributed by atoms with Crippen molar-refractivity contribution in [2.75, 3.05) is 12.4 Å². The van der Waals surface area contributed by atoms with Gasteiger partial charge in [-0.25, -0.2) is 9.97 Å². The Labute approximate surface area is 140 Å². The van der Waals surface area contributed by atoms with Crippen molar-refractivity contribution in [3.63, 3.8) is 0 Å². The highest BCUT2D eigenvalue weighted by Crippen LogP contribution is 2.29. The Kier molecular flexibility index (Phi) is 5.19. The standard InChI is InChI=1S/C17H22IN3/c1-6-7-13-15(18)17(19-5)21-16(20-13)14-11(3)8-10(2)9-12(14)4/h8-9H,6-7H2,1-5H3,(H,19,20,21). The Morgan fingerprint density at radius 3 is 2.24 bits per heavy atom. The van der Waals surface area contributed by atoms with Crippen molar-refractivity contribution in [3.8, 4) is 11.4 Å². The van der Waals surface area contributed by atoms with Crippen molar-refractivity contribution < 1.29 is 0 Å². The summed E-state index contributed by atoms with van der Waals surface area (Å²) in [5, 5.41) is 3.20. The van der Waals surface area contributed by atoms with Gasteiger partial charge in [-0.15, -0.1) is 0 Å². The molecule has 1 aromatic carbocycles. The van der Waals surface area contributed by atoms with Gasteiger partial charge in [0.1, 0.15) is 5.82 Å². The second kappa shape index (κ2) is 6.73. The number of anilines is 1. The van der Waals surface area contributed by atoms with Crippen LogP contribution in [-0.2, 0) is 6.42 Å². The first kappa shape index (κ1) is 16.2. The predicted octanol–water partition coefficient (Wildman–Crippen LogP) is 4.67. The second-order valence-corrected chi connectivity index (χ2v) is 6.51. The molecule has 4 heteroatoms. The van der Waals surface area contributed by atoms with Crippen molar-refractivity contribution in [3.05, 3.63) is 38.1 Å². The highest BCUT2D eigenvalue weighted by molar-refractivity contribution is 14.1. The van der Waals surface area contributed by atoms with Gasteiger partial charge in [0.15, 0.2) is 5.82 Å². The Balaban J connectivity index is 2.67. The van der Waals surface area contributed by atoms with Crippen LogP contribution in [0.2, 0.25) is 0 Å². The molecule has 1 aromatic heterocycles. The highest BCUT2D eigenvalue weighted by atomic mass is 127. The minimum absolute atomic E-state index is 0.832. The van der Waals surface area contributed by atoms with Gasteiger partial charge in [0.25, 0.3) is 0 Å². The molecule has 0 spiro atoms. The maximum atomic E-state index is 4.83. The van der Waals surface area contributed by atoms with Crippen molar-refractivity contribution in [1.29, 1.82) is 0 Å². The minimum Gasteiger partial charge on any atom is -0.372 e. The highest BCUT2D eigenvalue weighted by Gasteiger charge is 2.15. The average molecular weight is 395 g/mol. The van der Waals surface area contributed by atoms with Crippen LogP contribution in [0.5, 0.6) is 0 Å². The normalized spacial score (nSPS) is 10.8. The third kappa shape index (κ3) is 3.36. The fourth-order valence-corrected chi connectivity index (χ4v) is 3.49. The molecule has 1 heterocycles. The van der Waals surface area contributed by atoms with Gasteiger partial charge in [0.05, 0.1) is 9.26 Å². The quantitative estimate of drug-likeness (QED) is 0.765. The number of hydrogen-bond acceptors (Lipinski definition) is 3. The number of aromatic nitrogens is 2. The Morgan fingerprint density at radius 1 is 1.10 bits per heavy atom. The summed E-state index contributed by atoms with van der Waals surface area (Å²) in [5.41, 5.74) is 6.04. The van der Waals surface area contributed by atoms with Gasteiger partial charge in [0.2, 0.25) is 0 Å². The largest absolute Gasteiger partial charge is 0.372 e. The molecule has 0 aliphatic carbocycles. The number of aryl methyl sites for hydroxylation is 4. The number of benzene rings is 1. The molecule has 0 saturated carbocycles. The van der Waals surface area contributed by atoms with Crippen LogP contribution in [0.4, 0.5) is 5.82 Å². The number of hydrogen-bond donors (Lipinski definition) is 1. The van der Waals surface area contributed by atoms with E-state index in [0.717, 1.165) is 39.3 Å². The molecule has 0 radical (unpaired) electrons. The van der Waals surface area contributed by atoms with E-state index in [1.807, 2.05) is 7.05 Å². The van der Waals surface area contributed by atoms with E-state index in [4.69, 9.17) is 9.97 Å². The van der Waals surface area contributed by atoms with Crippen LogP contribution in [0, 0.1) is 24.3 Å². The van der Waals surface area contributed by atoms with E-state index in [1.165, 1.54) is 16.7 Å². The van der Waals surface area contributed by atoms with E-state index in [9.17, 15) is 0 Å². The molecule has 112 valence electrons. The predicted molar refractivity (Wildman–Crippen MR) is 97.9 cm³/mol. The molecular weight excluding hydrogens is 373 g/mol.